The third-order valence-electron chi connectivity index (χ3n) is 3.85. The molecule has 0 spiro atoms. The van der Waals surface area contributed by atoms with Crippen LogP contribution in [0.5, 0.6) is 0 Å². The largest absolute Gasteiger partial charge is 0.246 e. The van der Waals surface area contributed by atoms with Crippen molar-refractivity contribution in [1.82, 2.24) is 4.31 Å². The predicted molar refractivity (Wildman–Crippen MR) is 85.5 cm³/mol. The van der Waals surface area contributed by atoms with E-state index in [2.05, 4.69) is 15.9 Å². The lowest BCUT2D eigenvalue weighted by Crippen LogP contribution is -2.43. The van der Waals surface area contributed by atoms with Crippen LogP contribution in [0.3, 0.4) is 0 Å². The van der Waals surface area contributed by atoms with E-state index in [9.17, 15) is 12.8 Å². The first-order valence-corrected chi connectivity index (χ1v) is 9.74. The van der Waals surface area contributed by atoms with Crippen molar-refractivity contribution in [3.8, 4) is 0 Å². The van der Waals surface area contributed by atoms with Gasteiger partial charge in [0.15, 0.2) is 0 Å². The minimum atomic E-state index is -3.84. The van der Waals surface area contributed by atoms with Crippen molar-refractivity contribution in [3.63, 3.8) is 0 Å². The molecule has 0 aromatic heterocycles. The van der Waals surface area contributed by atoms with Gasteiger partial charge >= 0.3 is 0 Å². The Morgan fingerprint density at radius 1 is 1.43 bits per heavy atom. The molecule has 1 aliphatic heterocycles. The molecule has 0 bridgehead atoms. The molecule has 1 heterocycles. The van der Waals surface area contributed by atoms with Crippen LogP contribution in [0, 0.1) is 5.82 Å². The van der Waals surface area contributed by atoms with Crippen molar-refractivity contribution in [2.75, 3.05) is 6.54 Å². The standard InChI is InChI=1S/C14H18BrClFNO2S/c1-2-12-5-3-4-6-18(12)21(19,20)13-8-11(15)7-10(9-16)14(13)17/h7-8,12H,2-6,9H2,1H3. The molecule has 3 nitrogen and oxygen atoms in total. The molecule has 21 heavy (non-hydrogen) atoms. The average molecular weight is 399 g/mol. The van der Waals surface area contributed by atoms with E-state index < -0.39 is 15.8 Å². The van der Waals surface area contributed by atoms with Gasteiger partial charge in [-0.2, -0.15) is 4.31 Å². The van der Waals surface area contributed by atoms with Crippen molar-refractivity contribution in [2.45, 2.75) is 49.4 Å². The summed E-state index contributed by atoms with van der Waals surface area (Å²) in [5, 5.41) is 0. The maximum Gasteiger partial charge on any atom is 0.246 e. The monoisotopic (exact) mass is 397 g/mol. The van der Waals surface area contributed by atoms with Crippen LogP contribution in [0.25, 0.3) is 0 Å². The SMILES string of the molecule is CCC1CCCCN1S(=O)(=O)c1cc(Br)cc(CCl)c1F. The van der Waals surface area contributed by atoms with Gasteiger partial charge in [-0.1, -0.05) is 29.3 Å². The molecule has 7 heteroatoms. The maximum absolute atomic E-state index is 14.4. The lowest BCUT2D eigenvalue weighted by Gasteiger charge is -2.34. The summed E-state index contributed by atoms with van der Waals surface area (Å²) in [6.45, 7) is 2.41. The van der Waals surface area contributed by atoms with Crippen molar-refractivity contribution in [1.29, 1.82) is 0 Å². The fourth-order valence-corrected chi connectivity index (χ4v) is 5.48. The number of hydrogen-bond acceptors (Lipinski definition) is 2. The number of halogens is 3. The van der Waals surface area contributed by atoms with Gasteiger partial charge in [-0.15, -0.1) is 11.6 Å². The molecule has 0 aliphatic carbocycles. The highest BCUT2D eigenvalue weighted by atomic mass is 79.9. The number of alkyl halides is 1. The van der Waals surface area contributed by atoms with Gasteiger partial charge in [-0.25, -0.2) is 12.8 Å². The van der Waals surface area contributed by atoms with Crippen LogP contribution in [0.1, 0.15) is 38.2 Å². The molecule has 2 rings (SSSR count). The van der Waals surface area contributed by atoms with E-state index in [4.69, 9.17) is 11.6 Å². The molecule has 0 amide bonds. The van der Waals surface area contributed by atoms with E-state index in [-0.39, 0.29) is 22.4 Å². The quantitative estimate of drug-likeness (QED) is 0.710. The number of benzene rings is 1. The Kier molecular flexibility index (Phi) is 5.68. The van der Waals surface area contributed by atoms with Crippen LogP contribution in [-0.2, 0) is 15.9 Å². The van der Waals surface area contributed by atoms with Gasteiger partial charge in [0.05, 0.1) is 5.88 Å². The van der Waals surface area contributed by atoms with E-state index in [1.165, 1.54) is 16.4 Å². The molecule has 0 N–H and O–H groups in total. The van der Waals surface area contributed by atoms with Crippen molar-refractivity contribution in [2.24, 2.45) is 0 Å². The van der Waals surface area contributed by atoms with Crippen LogP contribution >= 0.6 is 27.5 Å². The second-order valence-corrected chi connectivity index (χ2v) is 8.23. The Balaban J connectivity index is 2.50. The van der Waals surface area contributed by atoms with Crippen molar-refractivity contribution >= 4 is 37.6 Å². The lowest BCUT2D eigenvalue weighted by molar-refractivity contribution is 0.246. The average Bonchev–Trinajstić information content (AvgIpc) is 2.48. The highest BCUT2D eigenvalue weighted by Gasteiger charge is 2.35. The Hall–Kier alpha value is -0.170. The molecule has 118 valence electrons. The number of rotatable bonds is 4. The van der Waals surface area contributed by atoms with Gasteiger partial charge in [0.25, 0.3) is 0 Å². The second kappa shape index (κ2) is 6.94. The molecule has 0 radical (unpaired) electrons. The van der Waals surface area contributed by atoms with Crippen molar-refractivity contribution in [3.05, 3.63) is 28.0 Å². The van der Waals surface area contributed by atoms with Gasteiger partial charge in [-0.3, -0.25) is 0 Å². The Labute approximate surface area is 138 Å². The molecule has 1 unspecified atom stereocenters. The second-order valence-electron chi connectivity index (χ2n) is 5.18. The van der Waals surface area contributed by atoms with Crippen LogP contribution in [0.15, 0.2) is 21.5 Å². The van der Waals surface area contributed by atoms with E-state index in [1.807, 2.05) is 6.92 Å². The first-order chi connectivity index (χ1) is 9.91. The zero-order valence-electron chi connectivity index (χ0n) is 11.8. The fourth-order valence-electron chi connectivity index (χ4n) is 2.73. The zero-order chi connectivity index (χ0) is 15.6. The minimum Gasteiger partial charge on any atom is -0.207 e. The number of piperidine rings is 1. The van der Waals surface area contributed by atoms with Crippen LogP contribution < -0.4 is 0 Å². The van der Waals surface area contributed by atoms with Crippen LogP contribution in [0.4, 0.5) is 4.39 Å². The van der Waals surface area contributed by atoms with E-state index in [0.717, 1.165) is 25.7 Å². The first-order valence-electron chi connectivity index (χ1n) is 6.97. The highest BCUT2D eigenvalue weighted by Crippen LogP contribution is 2.31. The van der Waals surface area contributed by atoms with Crippen molar-refractivity contribution < 1.29 is 12.8 Å². The zero-order valence-corrected chi connectivity index (χ0v) is 14.9. The minimum absolute atomic E-state index is 0.0541. The normalized spacial score (nSPS) is 20.7. The third-order valence-corrected chi connectivity index (χ3v) is 6.55. The van der Waals surface area contributed by atoms with Gasteiger partial charge in [-0.05, 0) is 31.4 Å². The van der Waals surface area contributed by atoms with E-state index >= 15 is 0 Å². The summed E-state index contributed by atoms with van der Waals surface area (Å²) >= 11 is 8.93. The van der Waals surface area contributed by atoms with Gasteiger partial charge < -0.3 is 0 Å². The van der Waals surface area contributed by atoms with E-state index in [0.29, 0.717) is 11.0 Å². The van der Waals surface area contributed by atoms with Gasteiger partial charge in [0, 0.05) is 22.6 Å². The molecule has 1 aromatic rings. The first kappa shape index (κ1) is 17.2. The summed E-state index contributed by atoms with van der Waals surface area (Å²) in [5.41, 5.74) is 0.190. The molecule has 1 aromatic carbocycles. The smallest absolute Gasteiger partial charge is 0.207 e. The van der Waals surface area contributed by atoms with Crippen LogP contribution in [-0.4, -0.2) is 25.3 Å². The molecule has 1 fully saturated rings. The van der Waals surface area contributed by atoms with Gasteiger partial charge in [0.2, 0.25) is 10.0 Å². The summed E-state index contributed by atoms with van der Waals surface area (Å²) in [5.74, 6) is -0.806. The number of hydrogen-bond donors (Lipinski definition) is 0. The molecule has 0 saturated carbocycles. The topological polar surface area (TPSA) is 37.4 Å². The summed E-state index contributed by atoms with van der Waals surface area (Å²) in [4.78, 5) is -0.284. The fraction of sp³-hybridized carbons (Fsp3) is 0.571. The predicted octanol–water partition coefficient (Wildman–Crippen LogP) is 4.28. The maximum atomic E-state index is 14.4. The molecule has 1 aliphatic rings. The van der Waals surface area contributed by atoms with Crippen LogP contribution in [0.2, 0.25) is 0 Å². The lowest BCUT2D eigenvalue weighted by atomic mass is 10.0. The Morgan fingerprint density at radius 3 is 2.76 bits per heavy atom. The molecular formula is C14H18BrClFNO2S. The highest BCUT2D eigenvalue weighted by molar-refractivity contribution is 9.10. The van der Waals surface area contributed by atoms with E-state index in [1.54, 1.807) is 0 Å². The molecular weight excluding hydrogens is 381 g/mol. The molecule has 1 saturated heterocycles. The Bertz CT molecular complexity index is 624. The third kappa shape index (κ3) is 3.44. The summed E-state index contributed by atoms with van der Waals surface area (Å²) < 4.78 is 42.0. The summed E-state index contributed by atoms with van der Waals surface area (Å²) in [6, 6.07) is 2.78. The number of sulfonamides is 1. The Morgan fingerprint density at radius 2 is 2.14 bits per heavy atom. The van der Waals surface area contributed by atoms with Gasteiger partial charge in [0.1, 0.15) is 10.7 Å². The molecule has 1 atom stereocenters. The summed E-state index contributed by atoms with van der Waals surface area (Å²) in [6.07, 6.45) is 3.39. The number of nitrogens with zero attached hydrogens (tertiary/aromatic N) is 1. The summed E-state index contributed by atoms with van der Waals surface area (Å²) in [7, 11) is -3.84.